The van der Waals surface area contributed by atoms with Crippen molar-refractivity contribution >= 4 is 23.2 Å². The fourth-order valence-electron chi connectivity index (χ4n) is 2.35. The van der Waals surface area contributed by atoms with Gasteiger partial charge in [-0.3, -0.25) is 9.59 Å². The topological polar surface area (TPSA) is 71.1 Å². The molecule has 0 radical (unpaired) electrons. The SMILES string of the molecule is CC(=O)NC(C(=O)NC(C)c1nc(-c2ccccc2)cs1)C(C)C. The Balaban J connectivity index is 2.06. The zero-order chi connectivity index (χ0) is 17.7. The van der Waals surface area contributed by atoms with Crippen LogP contribution in [0.4, 0.5) is 0 Å². The highest BCUT2D eigenvalue weighted by Gasteiger charge is 2.25. The molecular formula is C18H23N3O2S. The predicted molar refractivity (Wildman–Crippen MR) is 96.6 cm³/mol. The second kappa shape index (κ2) is 8.06. The number of amides is 2. The van der Waals surface area contributed by atoms with E-state index >= 15 is 0 Å². The minimum atomic E-state index is -0.543. The summed E-state index contributed by atoms with van der Waals surface area (Å²) in [6.45, 7) is 7.12. The van der Waals surface area contributed by atoms with E-state index in [1.54, 1.807) is 0 Å². The van der Waals surface area contributed by atoms with Crippen LogP contribution < -0.4 is 10.6 Å². The number of carbonyl (C=O) groups excluding carboxylic acids is 2. The maximum atomic E-state index is 12.4. The number of benzene rings is 1. The van der Waals surface area contributed by atoms with Crippen LogP contribution in [0.1, 0.15) is 38.7 Å². The van der Waals surface area contributed by atoms with Crippen LogP contribution in [-0.4, -0.2) is 22.8 Å². The molecule has 2 amide bonds. The zero-order valence-corrected chi connectivity index (χ0v) is 15.2. The number of hydrogen-bond donors (Lipinski definition) is 2. The highest BCUT2D eigenvalue weighted by atomic mass is 32.1. The summed E-state index contributed by atoms with van der Waals surface area (Å²) in [5.41, 5.74) is 1.95. The van der Waals surface area contributed by atoms with E-state index in [4.69, 9.17) is 0 Å². The molecule has 2 aromatic rings. The van der Waals surface area contributed by atoms with Crippen molar-refractivity contribution < 1.29 is 9.59 Å². The van der Waals surface area contributed by atoms with Crippen LogP contribution in [-0.2, 0) is 9.59 Å². The third-order valence-corrected chi connectivity index (χ3v) is 4.66. The fraction of sp³-hybridized carbons (Fsp3) is 0.389. The Morgan fingerprint density at radius 2 is 1.75 bits per heavy atom. The van der Waals surface area contributed by atoms with Crippen LogP contribution in [0.2, 0.25) is 0 Å². The highest BCUT2D eigenvalue weighted by Crippen LogP contribution is 2.25. The van der Waals surface area contributed by atoms with Gasteiger partial charge in [0.2, 0.25) is 11.8 Å². The largest absolute Gasteiger partial charge is 0.345 e. The van der Waals surface area contributed by atoms with Crippen molar-refractivity contribution in [3.05, 3.63) is 40.7 Å². The van der Waals surface area contributed by atoms with E-state index in [2.05, 4.69) is 15.6 Å². The quantitative estimate of drug-likeness (QED) is 0.845. The lowest BCUT2D eigenvalue weighted by atomic mass is 10.0. The first kappa shape index (κ1) is 18.1. The molecule has 2 rings (SSSR count). The van der Waals surface area contributed by atoms with E-state index in [0.29, 0.717) is 0 Å². The van der Waals surface area contributed by atoms with Gasteiger partial charge in [0.15, 0.2) is 0 Å². The molecule has 1 aromatic heterocycles. The Bertz CT molecular complexity index is 697. The third kappa shape index (κ3) is 4.64. The summed E-state index contributed by atoms with van der Waals surface area (Å²) in [6, 6.07) is 9.17. The van der Waals surface area contributed by atoms with Gasteiger partial charge < -0.3 is 10.6 Å². The second-order valence-electron chi connectivity index (χ2n) is 6.09. The molecule has 0 saturated carbocycles. The number of nitrogens with zero attached hydrogens (tertiary/aromatic N) is 1. The molecule has 24 heavy (non-hydrogen) atoms. The fourth-order valence-corrected chi connectivity index (χ4v) is 3.18. The number of aromatic nitrogens is 1. The van der Waals surface area contributed by atoms with Crippen molar-refractivity contribution in [2.75, 3.05) is 0 Å². The van der Waals surface area contributed by atoms with Gasteiger partial charge >= 0.3 is 0 Å². The maximum Gasteiger partial charge on any atom is 0.243 e. The molecule has 0 aliphatic carbocycles. The standard InChI is InChI=1S/C18H23N3O2S/c1-11(2)16(20-13(4)22)17(23)19-12(3)18-21-15(10-24-18)14-8-6-5-7-9-14/h5-12,16H,1-4H3,(H,19,23)(H,20,22). The van der Waals surface area contributed by atoms with Gasteiger partial charge in [0.1, 0.15) is 11.0 Å². The monoisotopic (exact) mass is 345 g/mol. The minimum absolute atomic E-state index is 0.0114. The molecular weight excluding hydrogens is 322 g/mol. The zero-order valence-electron chi connectivity index (χ0n) is 14.4. The predicted octanol–water partition coefficient (Wildman–Crippen LogP) is 3.15. The summed E-state index contributed by atoms with van der Waals surface area (Å²) in [6.07, 6.45) is 0. The van der Waals surface area contributed by atoms with Crippen LogP contribution in [0.5, 0.6) is 0 Å². The lowest BCUT2D eigenvalue weighted by Gasteiger charge is -2.22. The van der Waals surface area contributed by atoms with Crippen molar-refractivity contribution in [1.29, 1.82) is 0 Å². The Hall–Kier alpha value is -2.21. The molecule has 1 heterocycles. The molecule has 2 N–H and O–H groups in total. The van der Waals surface area contributed by atoms with Gasteiger partial charge in [0.25, 0.3) is 0 Å². The lowest BCUT2D eigenvalue weighted by Crippen LogP contribution is -2.49. The average Bonchev–Trinajstić information content (AvgIpc) is 3.03. The minimum Gasteiger partial charge on any atom is -0.345 e. The van der Waals surface area contributed by atoms with E-state index in [1.165, 1.54) is 18.3 Å². The van der Waals surface area contributed by atoms with Crippen LogP contribution in [0, 0.1) is 5.92 Å². The molecule has 1 aromatic carbocycles. The summed E-state index contributed by atoms with van der Waals surface area (Å²) in [4.78, 5) is 28.3. The van der Waals surface area contributed by atoms with E-state index in [-0.39, 0.29) is 23.8 Å². The van der Waals surface area contributed by atoms with E-state index in [0.717, 1.165) is 16.3 Å². The highest BCUT2D eigenvalue weighted by molar-refractivity contribution is 7.10. The maximum absolute atomic E-state index is 12.4. The molecule has 0 aliphatic rings. The second-order valence-corrected chi connectivity index (χ2v) is 6.98. The van der Waals surface area contributed by atoms with Crippen molar-refractivity contribution in [1.82, 2.24) is 15.6 Å². The van der Waals surface area contributed by atoms with Gasteiger partial charge in [0, 0.05) is 17.9 Å². The Morgan fingerprint density at radius 1 is 1.08 bits per heavy atom. The van der Waals surface area contributed by atoms with Crippen LogP contribution in [0.3, 0.4) is 0 Å². The van der Waals surface area contributed by atoms with E-state index in [9.17, 15) is 9.59 Å². The molecule has 0 aliphatic heterocycles. The van der Waals surface area contributed by atoms with Crippen molar-refractivity contribution in [3.63, 3.8) is 0 Å². The van der Waals surface area contributed by atoms with Gasteiger partial charge in [0.05, 0.1) is 11.7 Å². The summed E-state index contributed by atoms with van der Waals surface area (Å²) >= 11 is 1.52. The smallest absolute Gasteiger partial charge is 0.243 e. The van der Waals surface area contributed by atoms with Gasteiger partial charge in [-0.05, 0) is 12.8 Å². The number of thiazole rings is 1. The third-order valence-electron chi connectivity index (χ3n) is 3.63. The summed E-state index contributed by atoms with van der Waals surface area (Å²) in [5, 5.41) is 8.47. The van der Waals surface area contributed by atoms with Gasteiger partial charge in [-0.15, -0.1) is 11.3 Å². The first-order valence-corrected chi connectivity index (χ1v) is 8.84. The Morgan fingerprint density at radius 3 is 2.33 bits per heavy atom. The average molecular weight is 345 g/mol. The molecule has 0 bridgehead atoms. The Labute approximate surface area is 146 Å². The van der Waals surface area contributed by atoms with Crippen LogP contribution in [0.25, 0.3) is 11.3 Å². The van der Waals surface area contributed by atoms with Crippen LogP contribution in [0.15, 0.2) is 35.7 Å². The van der Waals surface area contributed by atoms with E-state index in [1.807, 2.05) is 56.5 Å². The normalized spacial score (nSPS) is 13.4. The van der Waals surface area contributed by atoms with Crippen molar-refractivity contribution in [2.24, 2.45) is 5.92 Å². The number of rotatable bonds is 6. The number of carbonyl (C=O) groups is 2. The molecule has 6 heteroatoms. The molecule has 2 unspecified atom stereocenters. The van der Waals surface area contributed by atoms with Gasteiger partial charge in [-0.2, -0.15) is 0 Å². The molecule has 5 nitrogen and oxygen atoms in total. The summed E-state index contributed by atoms with van der Waals surface area (Å²) in [7, 11) is 0. The number of nitrogens with one attached hydrogen (secondary N) is 2. The van der Waals surface area contributed by atoms with E-state index < -0.39 is 6.04 Å². The first-order chi connectivity index (χ1) is 11.4. The van der Waals surface area contributed by atoms with Crippen molar-refractivity contribution in [3.8, 4) is 11.3 Å². The van der Waals surface area contributed by atoms with Gasteiger partial charge in [-0.1, -0.05) is 44.2 Å². The summed E-state index contributed by atoms with van der Waals surface area (Å²) < 4.78 is 0. The lowest BCUT2D eigenvalue weighted by molar-refractivity contribution is -0.129. The van der Waals surface area contributed by atoms with Gasteiger partial charge in [-0.25, -0.2) is 4.98 Å². The number of hydrogen-bond acceptors (Lipinski definition) is 4. The molecule has 2 atom stereocenters. The first-order valence-electron chi connectivity index (χ1n) is 7.96. The van der Waals surface area contributed by atoms with Crippen molar-refractivity contribution in [2.45, 2.75) is 39.8 Å². The van der Waals surface area contributed by atoms with Crippen LogP contribution >= 0.6 is 11.3 Å². The molecule has 128 valence electrons. The molecule has 0 spiro atoms. The molecule has 0 saturated heterocycles. The Kier molecular flexibility index (Phi) is 6.09. The summed E-state index contributed by atoms with van der Waals surface area (Å²) in [5.74, 6) is -0.390. The molecule has 0 fully saturated rings.